The van der Waals surface area contributed by atoms with Crippen molar-refractivity contribution in [3.8, 4) is 28.4 Å². The number of likely N-dealkylation sites (N-methyl/N-ethyl adjacent to an activating group) is 1. The minimum atomic E-state index is -4.46. The molecule has 0 aliphatic heterocycles. The summed E-state index contributed by atoms with van der Waals surface area (Å²) in [5, 5.41) is 16.9. The Balaban J connectivity index is 2.18. The van der Waals surface area contributed by atoms with Gasteiger partial charge in [-0.1, -0.05) is 11.6 Å². The van der Waals surface area contributed by atoms with Gasteiger partial charge in [-0.15, -0.1) is 0 Å². The van der Waals surface area contributed by atoms with Gasteiger partial charge in [0.1, 0.15) is 25.0 Å². The second-order valence-corrected chi connectivity index (χ2v) is 9.10. The number of carbonyl (C=O) groups is 1. The maximum Gasteiger partial charge on any atom is 0.408 e. The zero-order valence-electron chi connectivity index (χ0n) is 21.2. The molecule has 1 atom stereocenters. The average molecular weight is 553 g/mol. The van der Waals surface area contributed by atoms with E-state index in [1.807, 2.05) is 0 Å². The lowest BCUT2D eigenvalue weighted by Gasteiger charge is -2.16. The summed E-state index contributed by atoms with van der Waals surface area (Å²) in [7, 11) is 1.70. The SMILES string of the molecule is CNC[C@@H](O)COc1ccc(Cl)c(-c2nc(C(C(C)=O)=C(C)N)c(C)c(-c3cnn(CC(F)(F)F)c3)n2)c1. The number of ether oxygens (including phenoxy) is 1. The molecule has 13 heteroatoms. The molecule has 38 heavy (non-hydrogen) atoms. The Labute approximate surface area is 222 Å². The van der Waals surface area contributed by atoms with Gasteiger partial charge in [0.05, 0.1) is 28.2 Å². The summed E-state index contributed by atoms with van der Waals surface area (Å²) < 4.78 is 45.2. The minimum absolute atomic E-state index is 0.00908. The van der Waals surface area contributed by atoms with E-state index in [4.69, 9.17) is 22.1 Å². The Hall–Kier alpha value is -3.48. The highest BCUT2D eigenvalue weighted by atomic mass is 35.5. The molecule has 0 saturated heterocycles. The zero-order chi connectivity index (χ0) is 28.2. The number of aliphatic hydroxyl groups excluding tert-OH is 1. The molecule has 0 fully saturated rings. The molecule has 0 bridgehead atoms. The van der Waals surface area contributed by atoms with Crippen molar-refractivity contribution in [3.63, 3.8) is 0 Å². The Bertz CT molecular complexity index is 1350. The Morgan fingerprint density at radius 1 is 1.29 bits per heavy atom. The number of aliphatic hydroxyl groups is 1. The third kappa shape index (κ3) is 7.09. The third-order valence-corrected chi connectivity index (χ3v) is 5.77. The highest BCUT2D eigenvalue weighted by Crippen LogP contribution is 2.35. The molecule has 9 nitrogen and oxygen atoms in total. The molecule has 3 rings (SSSR count). The van der Waals surface area contributed by atoms with Gasteiger partial charge in [0.15, 0.2) is 11.6 Å². The molecule has 204 valence electrons. The molecule has 0 unspecified atom stereocenters. The number of Topliss-reactive ketones (excluding diaryl/α,β-unsaturated/α-hetero) is 1. The number of rotatable bonds is 10. The van der Waals surface area contributed by atoms with E-state index >= 15 is 0 Å². The van der Waals surface area contributed by atoms with Crippen LogP contribution in [-0.4, -0.2) is 63.1 Å². The first-order valence-electron chi connectivity index (χ1n) is 11.5. The summed E-state index contributed by atoms with van der Waals surface area (Å²) in [6.45, 7) is 3.60. The van der Waals surface area contributed by atoms with Crippen LogP contribution in [0, 0.1) is 6.92 Å². The highest BCUT2D eigenvalue weighted by Gasteiger charge is 2.29. The maximum atomic E-state index is 12.9. The second-order valence-electron chi connectivity index (χ2n) is 8.69. The van der Waals surface area contributed by atoms with Crippen LogP contribution in [0.3, 0.4) is 0 Å². The van der Waals surface area contributed by atoms with Gasteiger partial charge in [-0.3, -0.25) is 9.48 Å². The molecule has 0 aliphatic carbocycles. The van der Waals surface area contributed by atoms with Crippen LogP contribution in [0.2, 0.25) is 5.02 Å². The van der Waals surface area contributed by atoms with E-state index in [1.54, 1.807) is 39.1 Å². The molecule has 1 aromatic carbocycles. The van der Waals surface area contributed by atoms with Crippen LogP contribution in [0.25, 0.3) is 28.2 Å². The Morgan fingerprint density at radius 2 is 2.00 bits per heavy atom. The van der Waals surface area contributed by atoms with Crippen molar-refractivity contribution in [3.05, 3.63) is 52.6 Å². The summed E-state index contributed by atoms with van der Waals surface area (Å²) in [6, 6.07) is 4.75. The number of hydrogen-bond acceptors (Lipinski definition) is 8. The van der Waals surface area contributed by atoms with E-state index in [9.17, 15) is 23.1 Å². The number of carbonyl (C=O) groups excluding carboxylic acids is 1. The number of ketones is 1. The van der Waals surface area contributed by atoms with E-state index in [0.29, 0.717) is 23.4 Å². The van der Waals surface area contributed by atoms with E-state index in [1.165, 1.54) is 19.3 Å². The fraction of sp³-hybridized carbons (Fsp3) is 0.360. The molecular formula is C25H28ClF3N6O3. The normalized spacial score (nSPS) is 13.3. The van der Waals surface area contributed by atoms with Gasteiger partial charge in [-0.05, 0) is 46.0 Å². The van der Waals surface area contributed by atoms with Gasteiger partial charge in [-0.2, -0.15) is 18.3 Å². The van der Waals surface area contributed by atoms with Crippen LogP contribution < -0.4 is 15.8 Å². The molecule has 0 spiro atoms. The quantitative estimate of drug-likeness (QED) is 0.324. The molecule has 2 heterocycles. The average Bonchev–Trinajstić information content (AvgIpc) is 3.26. The first-order valence-corrected chi connectivity index (χ1v) is 11.9. The monoisotopic (exact) mass is 552 g/mol. The molecule has 2 aromatic heterocycles. The minimum Gasteiger partial charge on any atom is -0.491 e. The van der Waals surface area contributed by atoms with Crippen LogP contribution in [0.4, 0.5) is 13.2 Å². The van der Waals surface area contributed by atoms with Crippen molar-refractivity contribution >= 4 is 23.0 Å². The van der Waals surface area contributed by atoms with Crippen LogP contribution in [0.15, 0.2) is 36.3 Å². The standard InChI is InChI=1S/C25H28ClF3N6O3/c1-13-22(16-8-32-35(10-16)12-25(27,28)29)33-24(34-23(13)21(14(2)30)15(3)36)19-7-18(5-6-20(19)26)38-11-17(37)9-31-4/h5-8,10,17,31,37H,9,11-12,30H2,1-4H3/t17-/m1/s1. The van der Waals surface area contributed by atoms with Gasteiger partial charge in [0, 0.05) is 35.1 Å². The second kappa shape index (κ2) is 11.9. The van der Waals surface area contributed by atoms with Crippen LogP contribution in [-0.2, 0) is 11.3 Å². The molecule has 4 N–H and O–H groups in total. The summed E-state index contributed by atoms with van der Waals surface area (Å²) in [5.74, 6) is 0.121. The molecule has 0 saturated carbocycles. The third-order valence-electron chi connectivity index (χ3n) is 5.44. The van der Waals surface area contributed by atoms with Crippen molar-refractivity contribution in [1.29, 1.82) is 0 Å². The summed E-state index contributed by atoms with van der Waals surface area (Å²) in [6.07, 6.45) is -2.74. The van der Waals surface area contributed by atoms with Gasteiger partial charge >= 0.3 is 6.18 Å². The van der Waals surface area contributed by atoms with Crippen molar-refractivity contribution in [2.75, 3.05) is 20.2 Å². The first kappa shape index (κ1) is 29.1. The fourth-order valence-corrected chi connectivity index (χ4v) is 4.00. The van der Waals surface area contributed by atoms with E-state index in [-0.39, 0.29) is 51.5 Å². The molecular weight excluding hydrogens is 525 g/mol. The van der Waals surface area contributed by atoms with Crippen molar-refractivity contribution < 1.29 is 27.8 Å². The zero-order valence-corrected chi connectivity index (χ0v) is 22.0. The fourth-order valence-electron chi connectivity index (χ4n) is 3.80. The number of nitrogens with zero attached hydrogens (tertiary/aromatic N) is 4. The Kier molecular flexibility index (Phi) is 9.13. The number of benzene rings is 1. The van der Waals surface area contributed by atoms with Crippen LogP contribution in [0.1, 0.15) is 25.1 Å². The van der Waals surface area contributed by atoms with Gasteiger partial charge in [0.25, 0.3) is 0 Å². The number of aromatic nitrogens is 4. The highest BCUT2D eigenvalue weighted by molar-refractivity contribution is 6.33. The topological polar surface area (TPSA) is 128 Å². The predicted octanol–water partition coefficient (Wildman–Crippen LogP) is 3.77. The predicted molar refractivity (Wildman–Crippen MR) is 137 cm³/mol. The van der Waals surface area contributed by atoms with Gasteiger partial charge < -0.3 is 20.9 Å². The first-order chi connectivity index (χ1) is 17.8. The molecule has 0 amide bonds. The van der Waals surface area contributed by atoms with Crippen LogP contribution >= 0.6 is 11.6 Å². The van der Waals surface area contributed by atoms with Gasteiger partial charge in [-0.25, -0.2) is 9.97 Å². The van der Waals surface area contributed by atoms with Gasteiger partial charge in [0.2, 0.25) is 0 Å². The lowest BCUT2D eigenvalue weighted by Crippen LogP contribution is -2.29. The number of hydrogen-bond donors (Lipinski definition) is 3. The number of nitrogens with two attached hydrogens (primary N) is 1. The summed E-state index contributed by atoms with van der Waals surface area (Å²) >= 11 is 6.48. The number of allylic oxidation sites excluding steroid dienone is 2. The van der Waals surface area contributed by atoms with Crippen LogP contribution in [0.5, 0.6) is 5.75 Å². The van der Waals surface area contributed by atoms with Crippen molar-refractivity contribution in [2.45, 2.75) is 39.6 Å². The van der Waals surface area contributed by atoms with E-state index in [0.717, 1.165) is 4.68 Å². The van der Waals surface area contributed by atoms with E-state index in [2.05, 4.69) is 20.4 Å². The molecule has 0 aliphatic rings. The summed E-state index contributed by atoms with van der Waals surface area (Å²) in [4.78, 5) is 21.7. The smallest absolute Gasteiger partial charge is 0.408 e. The van der Waals surface area contributed by atoms with Crippen molar-refractivity contribution in [1.82, 2.24) is 25.1 Å². The number of nitrogens with one attached hydrogen (secondary N) is 1. The van der Waals surface area contributed by atoms with Crippen molar-refractivity contribution in [2.24, 2.45) is 5.73 Å². The maximum absolute atomic E-state index is 12.9. The summed E-state index contributed by atoms with van der Waals surface area (Å²) in [5.41, 5.74) is 7.90. The lowest BCUT2D eigenvalue weighted by atomic mass is 9.98. The largest absolute Gasteiger partial charge is 0.491 e. The Morgan fingerprint density at radius 3 is 2.61 bits per heavy atom. The molecule has 0 radical (unpaired) electrons. The van der Waals surface area contributed by atoms with E-state index < -0.39 is 18.8 Å². The molecule has 3 aromatic rings. The number of halogens is 4. The number of alkyl halides is 3. The lowest BCUT2D eigenvalue weighted by molar-refractivity contribution is -0.142.